The molecule has 0 spiro atoms. The predicted octanol–water partition coefficient (Wildman–Crippen LogP) is -1.14. The van der Waals surface area contributed by atoms with E-state index >= 15 is 0 Å². The summed E-state index contributed by atoms with van der Waals surface area (Å²) in [5.74, 6) is -0.0938. The summed E-state index contributed by atoms with van der Waals surface area (Å²) in [5.41, 5.74) is 1.43. The third-order valence-corrected chi connectivity index (χ3v) is 3.58. The summed E-state index contributed by atoms with van der Waals surface area (Å²) in [5, 5.41) is 2.87. The van der Waals surface area contributed by atoms with Crippen LogP contribution in [0, 0.1) is 0 Å². The molecule has 2 rings (SSSR count). The van der Waals surface area contributed by atoms with Crippen molar-refractivity contribution >= 4 is 34.3 Å². The smallest absolute Gasteiger partial charge is 0.768 e. The summed E-state index contributed by atoms with van der Waals surface area (Å²) >= 11 is 3.45. The predicted molar refractivity (Wildman–Crippen MR) is 60.2 cm³/mol. The molecule has 0 aromatic heterocycles. The van der Waals surface area contributed by atoms with E-state index in [1.807, 2.05) is 0 Å². The SMILES string of the molecule is O=C1CCCc2cc(Cl)c(S(=O)[O-])cc2N1.[Na+]. The van der Waals surface area contributed by atoms with Crippen molar-refractivity contribution in [1.82, 2.24) is 0 Å². The van der Waals surface area contributed by atoms with Crippen molar-refractivity contribution in [3.8, 4) is 0 Å². The molecule has 17 heavy (non-hydrogen) atoms. The summed E-state index contributed by atoms with van der Waals surface area (Å²) in [6.45, 7) is 0. The third kappa shape index (κ3) is 3.53. The molecule has 1 aromatic carbocycles. The van der Waals surface area contributed by atoms with Crippen LogP contribution in [-0.2, 0) is 22.3 Å². The average Bonchev–Trinajstić information content (AvgIpc) is 2.37. The van der Waals surface area contributed by atoms with Gasteiger partial charge in [-0.3, -0.25) is 9.00 Å². The first-order valence-electron chi connectivity index (χ1n) is 4.79. The number of amides is 1. The molecule has 1 atom stereocenters. The molecular formula is C10H9ClNNaO3S. The summed E-state index contributed by atoms with van der Waals surface area (Å²) in [6, 6.07) is 3.01. The number of carbonyl (C=O) groups is 1. The summed E-state index contributed by atoms with van der Waals surface area (Å²) in [6.07, 6.45) is 1.91. The van der Waals surface area contributed by atoms with Crippen molar-refractivity contribution in [1.29, 1.82) is 0 Å². The van der Waals surface area contributed by atoms with Gasteiger partial charge in [0.25, 0.3) is 0 Å². The molecule has 0 aliphatic carbocycles. The molecule has 1 aliphatic rings. The Balaban J connectivity index is 0.00000144. The molecule has 1 aliphatic heterocycles. The Hall–Kier alpha value is 0.0900. The van der Waals surface area contributed by atoms with Gasteiger partial charge in [-0.25, -0.2) is 0 Å². The van der Waals surface area contributed by atoms with Crippen molar-refractivity contribution < 1.29 is 43.1 Å². The Bertz CT molecular complexity index is 481. The first-order chi connectivity index (χ1) is 7.58. The average molecular weight is 282 g/mol. The number of aryl methyl sites for hydroxylation is 1. The molecule has 0 radical (unpaired) electrons. The second-order valence-corrected chi connectivity index (χ2v) is 4.89. The molecule has 1 heterocycles. The van der Waals surface area contributed by atoms with Crippen LogP contribution in [0.25, 0.3) is 0 Å². The van der Waals surface area contributed by atoms with Gasteiger partial charge in [-0.15, -0.1) is 0 Å². The number of carbonyl (C=O) groups excluding carboxylic acids is 1. The van der Waals surface area contributed by atoms with Gasteiger partial charge in [-0.1, -0.05) is 11.6 Å². The minimum Gasteiger partial charge on any atom is -0.768 e. The molecular weight excluding hydrogens is 273 g/mol. The zero-order valence-corrected chi connectivity index (χ0v) is 12.9. The molecule has 1 amide bonds. The van der Waals surface area contributed by atoms with Gasteiger partial charge < -0.3 is 9.87 Å². The van der Waals surface area contributed by atoms with E-state index in [0.717, 1.165) is 18.4 Å². The van der Waals surface area contributed by atoms with Gasteiger partial charge in [-0.05, 0) is 41.6 Å². The van der Waals surface area contributed by atoms with Gasteiger partial charge >= 0.3 is 29.6 Å². The topological polar surface area (TPSA) is 69.2 Å². The van der Waals surface area contributed by atoms with Crippen molar-refractivity contribution in [2.45, 2.75) is 24.2 Å². The van der Waals surface area contributed by atoms with E-state index in [4.69, 9.17) is 11.6 Å². The molecule has 0 saturated carbocycles. The van der Waals surface area contributed by atoms with Crippen molar-refractivity contribution in [2.24, 2.45) is 0 Å². The number of fused-ring (bicyclic) bond motifs is 1. The Morgan fingerprint density at radius 3 is 2.71 bits per heavy atom. The number of rotatable bonds is 1. The fraction of sp³-hybridized carbons (Fsp3) is 0.300. The fourth-order valence-corrected chi connectivity index (χ4v) is 2.51. The Morgan fingerprint density at radius 2 is 2.06 bits per heavy atom. The van der Waals surface area contributed by atoms with Crippen LogP contribution in [0.15, 0.2) is 17.0 Å². The third-order valence-electron chi connectivity index (χ3n) is 2.46. The summed E-state index contributed by atoms with van der Waals surface area (Å²) in [4.78, 5) is 11.3. The number of benzene rings is 1. The van der Waals surface area contributed by atoms with E-state index in [1.54, 1.807) is 6.07 Å². The Labute approximate surface area is 129 Å². The number of hydrogen-bond donors (Lipinski definition) is 1. The van der Waals surface area contributed by atoms with Gasteiger partial charge in [0.15, 0.2) is 0 Å². The molecule has 7 heteroatoms. The van der Waals surface area contributed by atoms with Crippen LogP contribution in [0.3, 0.4) is 0 Å². The number of hydrogen-bond acceptors (Lipinski definition) is 3. The molecule has 86 valence electrons. The van der Waals surface area contributed by atoms with Crippen LogP contribution in [-0.4, -0.2) is 14.7 Å². The molecule has 0 bridgehead atoms. The van der Waals surface area contributed by atoms with E-state index in [2.05, 4.69) is 5.32 Å². The van der Waals surface area contributed by atoms with Gasteiger partial charge in [0.2, 0.25) is 5.91 Å². The zero-order valence-electron chi connectivity index (χ0n) is 9.29. The Morgan fingerprint density at radius 1 is 1.35 bits per heavy atom. The summed E-state index contributed by atoms with van der Waals surface area (Å²) in [7, 11) is 0. The maximum atomic E-state index is 11.3. The molecule has 1 aromatic rings. The Kier molecular flexibility index (Phi) is 5.63. The minimum atomic E-state index is -2.39. The number of anilines is 1. The van der Waals surface area contributed by atoms with Crippen LogP contribution in [0.1, 0.15) is 18.4 Å². The monoisotopic (exact) mass is 281 g/mol. The van der Waals surface area contributed by atoms with Crippen LogP contribution in [0.2, 0.25) is 5.02 Å². The zero-order chi connectivity index (χ0) is 11.7. The van der Waals surface area contributed by atoms with Gasteiger partial charge in [0.1, 0.15) is 0 Å². The minimum absolute atomic E-state index is 0. The van der Waals surface area contributed by atoms with Crippen LogP contribution in [0.5, 0.6) is 0 Å². The fourth-order valence-electron chi connectivity index (χ4n) is 1.70. The maximum absolute atomic E-state index is 11.3. The van der Waals surface area contributed by atoms with Crippen molar-refractivity contribution in [3.05, 3.63) is 22.7 Å². The number of halogens is 1. The molecule has 0 fully saturated rings. The second-order valence-electron chi connectivity index (χ2n) is 3.58. The largest absolute Gasteiger partial charge is 1.00 e. The van der Waals surface area contributed by atoms with Gasteiger partial charge in [0, 0.05) is 17.0 Å². The van der Waals surface area contributed by atoms with Crippen molar-refractivity contribution in [2.75, 3.05) is 5.32 Å². The van der Waals surface area contributed by atoms with Crippen LogP contribution >= 0.6 is 11.6 Å². The maximum Gasteiger partial charge on any atom is 1.00 e. The van der Waals surface area contributed by atoms with E-state index in [1.165, 1.54) is 6.07 Å². The van der Waals surface area contributed by atoms with Gasteiger partial charge in [-0.2, -0.15) is 0 Å². The number of nitrogens with one attached hydrogen (secondary N) is 1. The van der Waals surface area contributed by atoms with E-state index in [9.17, 15) is 13.6 Å². The molecule has 0 saturated heterocycles. The van der Waals surface area contributed by atoms with Crippen molar-refractivity contribution in [3.63, 3.8) is 0 Å². The quantitative estimate of drug-likeness (QED) is 0.522. The van der Waals surface area contributed by atoms with Gasteiger partial charge in [0.05, 0.1) is 5.02 Å². The first-order valence-corrected chi connectivity index (χ1v) is 6.25. The second kappa shape index (κ2) is 6.31. The standard InChI is InChI=1S/C10H10ClNO3S.Na/c11-7-4-6-2-1-3-10(13)12-8(6)5-9(7)16(14)15;/h4-5H,1-3H2,(H,12,13)(H,14,15);/q;+1/p-1. The van der Waals surface area contributed by atoms with E-state index in [0.29, 0.717) is 12.1 Å². The van der Waals surface area contributed by atoms with Crippen LogP contribution < -0.4 is 34.9 Å². The van der Waals surface area contributed by atoms with E-state index < -0.39 is 11.1 Å². The summed E-state index contributed by atoms with van der Waals surface area (Å²) < 4.78 is 21.8. The van der Waals surface area contributed by atoms with Crippen LogP contribution in [0.4, 0.5) is 5.69 Å². The molecule has 1 unspecified atom stereocenters. The normalized spacial score (nSPS) is 16.2. The van der Waals surface area contributed by atoms with E-state index in [-0.39, 0.29) is 45.4 Å². The first kappa shape index (κ1) is 15.1. The molecule has 1 N–H and O–H groups in total. The molecule has 4 nitrogen and oxygen atoms in total.